The Bertz CT molecular complexity index is 692. The number of carboxylic acid groups (broad SMARTS) is 1. The number of hydrogen-bond donors (Lipinski definition) is 1. The van der Waals surface area contributed by atoms with Crippen molar-refractivity contribution in [2.24, 2.45) is 0 Å². The van der Waals surface area contributed by atoms with Crippen molar-refractivity contribution in [3.8, 4) is 17.6 Å². The fraction of sp³-hybridized carbons (Fsp3) is 0.591. The number of rotatable bonds is 12. The monoisotopic (exact) mass is 426 g/mol. The second kappa shape index (κ2) is 13.4. The average molecular weight is 427 g/mol. The molecule has 6 nitrogen and oxygen atoms in total. The first-order valence-corrected chi connectivity index (χ1v) is 9.52. The maximum Gasteiger partial charge on any atom is 0.305 e. The van der Waals surface area contributed by atoms with E-state index >= 15 is 0 Å². The molecule has 1 N–H and O–H groups in total. The summed E-state index contributed by atoms with van der Waals surface area (Å²) in [4.78, 5) is 12.9. The number of benzene rings is 1. The van der Waals surface area contributed by atoms with E-state index < -0.39 is 5.97 Å². The SMILES string of the molecule is CC#CCN(C)[C@H](COCCC(=O)O)Cc1ccc(OC)c(C[N+](C)(C)C)c1.[Cl-]. The summed E-state index contributed by atoms with van der Waals surface area (Å²) >= 11 is 0. The Morgan fingerprint density at radius 1 is 1.31 bits per heavy atom. The van der Waals surface area contributed by atoms with Crippen molar-refractivity contribution in [3.05, 3.63) is 29.3 Å². The van der Waals surface area contributed by atoms with Crippen LogP contribution >= 0.6 is 0 Å². The summed E-state index contributed by atoms with van der Waals surface area (Å²) in [6, 6.07) is 6.42. The van der Waals surface area contributed by atoms with E-state index in [9.17, 15) is 4.79 Å². The van der Waals surface area contributed by atoms with Crippen molar-refractivity contribution in [1.29, 1.82) is 0 Å². The molecular weight excluding hydrogens is 392 g/mol. The molecular formula is C22H35ClN2O4. The van der Waals surface area contributed by atoms with Crippen LogP contribution in [0.25, 0.3) is 0 Å². The number of quaternary nitrogens is 1. The minimum atomic E-state index is -0.846. The van der Waals surface area contributed by atoms with Gasteiger partial charge < -0.3 is 31.5 Å². The minimum absolute atomic E-state index is 0. The summed E-state index contributed by atoms with van der Waals surface area (Å²) in [5, 5.41) is 8.79. The van der Waals surface area contributed by atoms with E-state index in [-0.39, 0.29) is 31.5 Å². The molecule has 7 heteroatoms. The first kappa shape index (κ1) is 27.2. The molecule has 0 unspecified atom stereocenters. The summed E-state index contributed by atoms with van der Waals surface area (Å²) < 4.78 is 12.0. The van der Waals surface area contributed by atoms with Gasteiger partial charge in [0.1, 0.15) is 12.3 Å². The standard InChI is InChI=1S/C22H34N2O4.ClH/c1-7-8-12-23(2)20(17-28-13-11-22(25)26)15-18-9-10-21(27-6)19(14-18)16-24(3,4)5;/h9-10,14,20H,11-13,15-17H2,1-6H3;1H/t20-;/m0./s1. The van der Waals surface area contributed by atoms with Crippen LogP contribution in [0.3, 0.4) is 0 Å². The second-order valence-electron chi connectivity index (χ2n) is 8.01. The number of nitrogens with zero attached hydrogens (tertiary/aromatic N) is 2. The van der Waals surface area contributed by atoms with E-state index in [1.165, 1.54) is 11.1 Å². The van der Waals surface area contributed by atoms with Gasteiger partial charge in [-0.2, -0.15) is 0 Å². The van der Waals surface area contributed by atoms with Crippen molar-refractivity contribution < 1.29 is 36.3 Å². The van der Waals surface area contributed by atoms with Crippen molar-refractivity contribution in [2.45, 2.75) is 32.4 Å². The zero-order valence-corrected chi connectivity index (χ0v) is 19.3. The molecule has 0 radical (unpaired) electrons. The van der Waals surface area contributed by atoms with Crippen LogP contribution in [0, 0.1) is 11.8 Å². The molecule has 1 rings (SSSR count). The van der Waals surface area contributed by atoms with E-state index in [1.807, 2.05) is 20.0 Å². The number of aliphatic carboxylic acids is 1. The van der Waals surface area contributed by atoms with E-state index in [4.69, 9.17) is 14.6 Å². The van der Waals surface area contributed by atoms with Gasteiger partial charge in [0.05, 0.1) is 54.4 Å². The van der Waals surface area contributed by atoms with Crippen LogP contribution in [0.1, 0.15) is 24.5 Å². The maximum absolute atomic E-state index is 10.7. The molecule has 1 aromatic rings. The minimum Gasteiger partial charge on any atom is -1.00 e. The zero-order chi connectivity index (χ0) is 21.2. The van der Waals surface area contributed by atoms with Gasteiger partial charge in [0.2, 0.25) is 0 Å². The Hall–Kier alpha value is -1.78. The molecule has 1 aromatic carbocycles. The van der Waals surface area contributed by atoms with Gasteiger partial charge in [0.15, 0.2) is 0 Å². The zero-order valence-electron chi connectivity index (χ0n) is 18.5. The lowest BCUT2D eigenvalue weighted by molar-refractivity contribution is -0.884. The van der Waals surface area contributed by atoms with Crippen molar-refractivity contribution >= 4 is 5.97 Å². The van der Waals surface area contributed by atoms with Gasteiger partial charge in [-0.3, -0.25) is 9.69 Å². The van der Waals surface area contributed by atoms with Gasteiger partial charge in [-0.1, -0.05) is 12.0 Å². The third-order valence-corrected chi connectivity index (χ3v) is 4.36. The third kappa shape index (κ3) is 11.1. The molecule has 1 atom stereocenters. The van der Waals surface area contributed by atoms with E-state index in [2.05, 4.69) is 50.0 Å². The molecule has 0 aromatic heterocycles. The number of carbonyl (C=O) groups is 1. The molecule has 0 fully saturated rings. The topological polar surface area (TPSA) is 59.0 Å². The molecule has 0 bridgehead atoms. The quantitative estimate of drug-likeness (QED) is 0.271. The summed E-state index contributed by atoms with van der Waals surface area (Å²) in [7, 11) is 10.2. The predicted octanol–water partition coefficient (Wildman–Crippen LogP) is -0.737. The van der Waals surface area contributed by atoms with Crippen molar-refractivity contribution in [1.82, 2.24) is 4.90 Å². The van der Waals surface area contributed by atoms with Gasteiger partial charge in [-0.25, -0.2) is 0 Å². The van der Waals surface area contributed by atoms with Crippen LogP contribution in [-0.2, 0) is 22.5 Å². The van der Waals surface area contributed by atoms with Crippen molar-refractivity contribution in [2.75, 3.05) is 55.1 Å². The Balaban J connectivity index is 0.00000784. The Morgan fingerprint density at radius 3 is 2.55 bits per heavy atom. The highest BCUT2D eigenvalue weighted by atomic mass is 35.5. The molecule has 0 saturated heterocycles. The first-order valence-electron chi connectivity index (χ1n) is 9.52. The summed E-state index contributed by atoms with van der Waals surface area (Å²) in [6.45, 7) is 4.02. The van der Waals surface area contributed by atoms with E-state index in [0.717, 1.165) is 23.2 Å². The fourth-order valence-electron chi connectivity index (χ4n) is 2.92. The molecule has 0 aliphatic carbocycles. The van der Waals surface area contributed by atoms with Crippen LogP contribution in [0.15, 0.2) is 18.2 Å². The van der Waals surface area contributed by atoms with E-state index in [1.54, 1.807) is 7.11 Å². The van der Waals surface area contributed by atoms with E-state index in [0.29, 0.717) is 13.2 Å². The summed E-state index contributed by atoms with van der Waals surface area (Å²) in [6.07, 6.45) is 0.810. The van der Waals surface area contributed by atoms with Crippen LogP contribution in [0.2, 0.25) is 0 Å². The Labute approximate surface area is 181 Å². The molecule has 29 heavy (non-hydrogen) atoms. The summed E-state index contributed by atoms with van der Waals surface area (Å²) in [5.74, 6) is 6.06. The lowest BCUT2D eigenvalue weighted by atomic mass is 10.0. The van der Waals surface area contributed by atoms with Gasteiger partial charge in [-0.05, 0) is 38.1 Å². The molecule has 0 aliphatic heterocycles. The number of ether oxygens (including phenoxy) is 2. The Morgan fingerprint density at radius 2 is 2.00 bits per heavy atom. The molecule has 0 amide bonds. The second-order valence-corrected chi connectivity index (χ2v) is 8.01. The largest absolute Gasteiger partial charge is 1.00 e. The predicted molar refractivity (Wildman–Crippen MR) is 111 cm³/mol. The fourth-order valence-corrected chi connectivity index (χ4v) is 2.92. The molecule has 164 valence electrons. The third-order valence-electron chi connectivity index (χ3n) is 4.36. The number of methoxy groups -OCH3 is 1. The highest BCUT2D eigenvalue weighted by Gasteiger charge is 2.18. The van der Waals surface area contributed by atoms with Gasteiger partial charge in [0.25, 0.3) is 0 Å². The first-order chi connectivity index (χ1) is 13.2. The average Bonchev–Trinajstić information content (AvgIpc) is 2.60. The number of likely N-dealkylation sites (N-methyl/N-ethyl adjacent to an activating group) is 1. The van der Waals surface area contributed by atoms with Crippen LogP contribution in [-0.4, -0.2) is 81.6 Å². The maximum atomic E-state index is 10.7. The highest BCUT2D eigenvalue weighted by Crippen LogP contribution is 2.24. The lowest BCUT2D eigenvalue weighted by Crippen LogP contribution is -3.00. The lowest BCUT2D eigenvalue weighted by Gasteiger charge is -2.28. The van der Waals surface area contributed by atoms with Gasteiger partial charge >= 0.3 is 5.97 Å². The molecule has 0 spiro atoms. The number of halogens is 1. The molecule has 0 heterocycles. The van der Waals surface area contributed by atoms with Crippen LogP contribution in [0.5, 0.6) is 5.75 Å². The van der Waals surface area contributed by atoms with Gasteiger partial charge in [-0.15, -0.1) is 5.92 Å². The highest BCUT2D eigenvalue weighted by molar-refractivity contribution is 5.66. The van der Waals surface area contributed by atoms with Crippen LogP contribution in [0.4, 0.5) is 0 Å². The normalized spacial score (nSPS) is 12.0. The summed E-state index contributed by atoms with van der Waals surface area (Å²) in [5.41, 5.74) is 2.38. The van der Waals surface area contributed by atoms with Crippen molar-refractivity contribution in [3.63, 3.8) is 0 Å². The Kier molecular flexibility index (Phi) is 12.6. The van der Waals surface area contributed by atoms with Gasteiger partial charge in [0, 0.05) is 11.6 Å². The number of hydrogen-bond acceptors (Lipinski definition) is 4. The molecule has 0 aliphatic rings. The smallest absolute Gasteiger partial charge is 0.305 e. The number of carboxylic acids is 1. The van der Waals surface area contributed by atoms with Crippen LogP contribution < -0.4 is 17.1 Å². The molecule has 0 saturated carbocycles.